The van der Waals surface area contributed by atoms with Gasteiger partial charge in [0.15, 0.2) is 0 Å². The van der Waals surface area contributed by atoms with Crippen molar-refractivity contribution in [3.05, 3.63) is 35.5 Å². The minimum Gasteiger partial charge on any atom is -0.336 e. The fourth-order valence-corrected chi connectivity index (χ4v) is 3.03. The monoisotopic (exact) mass is 270 g/mol. The Bertz CT molecular complexity index is 741. The van der Waals surface area contributed by atoms with Crippen LogP contribution in [0.2, 0.25) is 0 Å². The molecule has 2 aromatic heterocycles. The summed E-state index contributed by atoms with van der Waals surface area (Å²) < 4.78 is 3.30. The van der Waals surface area contributed by atoms with Gasteiger partial charge in [-0.3, -0.25) is 0 Å². The summed E-state index contributed by atoms with van der Waals surface area (Å²) in [6.45, 7) is 8.20. The molecule has 0 N–H and O–H groups in total. The molecule has 98 valence electrons. The zero-order valence-electron chi connectivity index (χ0n) is 11.8. The topological polar surface area (TPSA) is 28.7 Å². The molecule has 3 heteroatoms. The summed E-state index contributed by atoms with van der Waals surface area (Å²) in [6.07, 6.45) is 2.08. The van der Waals surface area contributed by atoms with E-state index in [9.17, 15) is 5.26 Å². The molecule has 0 amide bonds. The summed E-state index contributed by atoms with van der Waals surface area (Å²) in [6, 6.07) is 9.06. The maximum Gasteiger partial charge on any atom is 0.128 e. The first-order chi connectivity index (χ1) is 9.20. The van der Waals surface area contributed by atoms with E-state index in [4.69, 9.17) is 0 Å². The molecule has 0 radical (unpaired) electrons. The van der Waals surface area contributed by atoms with Gasteiger partial charge in [0.1, 0.15) is 11.8 Å². The number of aromatic nitrogens is 1. The second-order valence-corrected chi connectivity index (χ2v) is 5.44. The van der Waals surface area contributed by atoms with Crippen LogP contribution in [0.15, 0.2) is 29.8 Å². The van der Waals surface area contributed by atoms with Gasteiger partial charge in [-0.05, 0) is 42.8 Å². The lowest BCUT2D eigenvalue weighted by atomic mass is 10.1. The van der Waals surface area contributed by atoms with Crippen molar-refractivity contribution in [2.45, 2.75) is 33.7 Å². The van der Waals surface area contributed by atoms with E-state index in [1.54, 1.807) is 11.3 Å². The molecule has 0 spiro atoms. The van der Waals surface area contributed by atoms with Gasteiger partial charge in [0.05, 0.1) is 0 Å². The van der Waals surface area contributed by atoms with Gasteiger partial charge in [0.2, 0.25) is 0 Å². The molecule has 0 aliphatic heterocycles. The first-order valence-electron chi connectivity index (χ1n) is 6.62. The van der Waals surface area contributed by atoms with Crippen molar-refractivity contribution in [2.24, 2.45) is 0 Å². The van der Waals surface area contributed by atoms with Crippen molar-refractivity contribution in [1.29, 1.82) is 5.26 Å². The highest BCUT2D eigenvalue weighted by Gasteiger charge is 2.12. The molecule has 19 heavy (non-hydrogen) atoms. The summed E-state index contributed by atoms with van der Waals surface area (Å²) in [5.74, 6) is 0. The Kier molecular flexibility index (Phi) is 3.92. The van der Waals surface area contributed by atoms with Crippen LogP contribution < -0.4 is 0 Å². The number of rotatable bonds is 1. The number of hydrogen-bond acceptors (Lipinski definition) is 2. The molecular weight excluding hydrogens is 252 g/mol. The average molecular weight is 270 g/mol. The van der Waals surface area contributed by atoms with Gasteiger partial charge in [-0.25, -0.2) is 0 Å². The molecular formula is C16H18N2S. The predicted octanol–water partition coefficient (Wildman–Crippen LogP) is 5.33. The molecule has 3 aromatic rings. The van der Waals surface area contributed by atoms with Crippen LogP contribution in [0.4, 0.5) is 0 Å². The minimum absolute atomic E-state index is 0.315. The lowest BCUT2D eigenvalue weighted by molar-refractivity contribution is 0.600. The smallest absolute Gasteiger partial charge is 0.128 e. The van der Waals surface area contributed by atoms with E-state index in [0.29, 0.717) is 6.04 Å². The third-order valence-corrected chi connectivity index (χ3v) is 3.96. The van der Waals surface area contributed by atoms with Crippen molar-refractivity contribution in [2.75, 3.05) is 0 Å². The van der Waals surface area contributed by atoms with Crippen molar-refractivity contribution >= 4 is 32.2 Å². The second kappa shape index (κ2) is 5.46. The highest BCUT2D eigenvalue weighted by Crippen LogP contribution is 2.31. The molecule has 0 saturated heterocycles. The molecule has 2 heterocycles. The van der Waals surface area contributed by atoms with E-state index in [0.717, 1.165) is 16.5 Å². The van der Waals surface area contributed by atoms with Crippen molar-refractivity contribution in [3.8, 4) is 6.07 Å². The molecule has 3 rings (SSSR count). The highest BCUT2D eigenvalue weighted by molar-refractivity contribution is 7.17. The normalized spacial score (nSPS) is 10.5. The Hall–Kier alpha value is -1.79. The number of fused-ring (bicyclic) bond motifs is 2. The molecule has 2 nitrogen and oxygen atoms in total. The van der Waals surface area contributed by atoms with Crippen LogP contribution in [-0.4, -0.2) is 4.57 Å². The maximum atomic E-state index is 9.31. The average Bonchev–Trinajstić information content (AvgIpc) is 3.00. The fourth-order valence-electron chi connectivity index (χ4n) is 2.22. The summed E-state index contributed by atoms with van der Waals surface area (Å²) >= 11 is 1.72. The van der Waals surface area contributed by atoms with Crippen LogP contribution in [0.25, 0.3) is 20.9 Å². The van der Waals surface area contributed by atoms with Crippen LogP contribution in [0, 0.1) is 11.3 Å². The first-order valence-corrected chi connectivity index (χ1v) is 7.50. The second-order valence-electron chi connectivity index (χ2n) is 4.49. The number of benzene rings is 1. The molecule has 0 saturated carbocycles. The Labute approximate surface area is 117 Å². The van der Waals surface area contributed by atoms with E-state index >= 15 is 0 Å². The number of nitriles is 1. The molecule has 0 aliphatic carbocycles. The van der Waals surface area contributed by atoms with Gasteiger partial charge in [-0.1, -0.05) is 13.8 Å². The zero-order valence-corrected chi connectivity index (χ0v) is 12.6. The lowest BCUT2D eigenvalue weighted by Crippen LogP contribution is -2.00. The Morgan fingerprint density at radius 2 is 1.95 bits per heavy atom. The summed E-state index contributed by atoms with van der Waals surface area (Å²) in [7, 11) is 0. The summed E-state index contributed by atoms with van der Waals surface area (Å²) in [5, 5.41) is 14.9. The Balaban J connectivity index is 0.000000637. The van der Waals surface area contributed by atoms with Gasteiger partial charge in [-0.2, -0.15) is 5.26 Å². The van der Waals surface area contributed by atoms with E-state index in [-0.39, 0.29) is 0 Å². The van der Waals surface area contributed by atoms with Crippen LogP contribution in [0.3, 0.4) is 0 Å². The van der Waals surface area contributed by atoms with Gasteiger partial charge in [0, 0.05) is 27.7 Å². The zero-order chi connectivity index (χ0) is 14.0. The van der Waals surface area contributed by atoms with Gasteiger partial charge in [-0.15, -0.1) is 11.3 Å². The van der Waals surface area contributed by atoms with E-state index < -0.39 is 0 Å². The molecule has 0 aliphatic rings. The third kappa shape index (κ3) is 2.24. The number of hydrogen-bond donors (Lipinski definition) is 0. The van der Waals surface area contributed by atoms with E-state index in [1.807, 2.05) is 18.4 Å². The molecule has 0 atom stereocenters. The SMILES string of the molecule is CC.CC(C)n1cc2cc3ccsc3cc2c1C#N. The van der Waals surface area contributed by atoms with E-state index in [2.05, 4.69) is 49.7 Å². The predicted molar refractivity (Wildman–Crippen MR) is 83.8 cm³/mol. The fraction of sp³-hybridized carbons (Fsp3) is 0.312. The summed E-state index contributed by atoms with van der Waals surface area (Å²) in [4.78, 5) is 0. The molecule has 0 bridgehead atoms. The highest BCUT2D eigenvalue weighted by atomic mass is 32.1. The third-order valence-electron chi connectivity index (χ3n) is 3.08. The van der Waals surface area contributed by atoms with Gasteiger partial charge < -0.3 is 4.57 Å². The van der Waals surface area contributed by atoms with Crippen molar-refractivity contribution in [1.82, 2.24) is 4.57 Å². The maximum absolute atomic E-state index is 9.31. The summed E-state index contributed by atoms with van der Waals surface area (Å²) in [5.41, 5.74) is 0.769. The van der Waals surface area contributed by atoms with Crippen molar-refractivity contribution in [3.63, 3.8) is 0 Å². The Morgan fingerprint density at radius 3 is 2.58 bits per heavy atom. The molecule has 1 aromatic carbocycles. The standard InChI is InChI=1S/C14H12N2S.C2H6/c1-9(2)16-8-11-5-10-3-4-17-14(10)6-12(11)13(16)7-15;1-2/h3-6,8-9H,1-2H3;1-2H3. The number of nitrogens with zero attached hydrogens (tertiary/aromatic N) is 2. The first kappa shape index (κ1) is 13.6. The number of thiophene rings is 1. The van der Waals surface area contributed by atoms with Crippen LogP contribution in [0.1, 0.15) is 39.4 Å². The Morgan fingerprint density at radius 1 is 1.21 bits per heavy atom. The van der Waals surface area contributed by atoms with Gasteiger partial charge >= 0.3 is 0 Å². The largest absolute Gasteiger partial charge is 0.336 e. The quantitative estimate of drug-likeness (QED) is 0.587. The molecule has 0 fully saturated rings. The minimum atomic E-state index is 0.315. The van der Waals surface area contributed by atoms with Crippen LogP contribution >= 0.6 is 11.3 Å². The van der Waals surface area contributed by atoms with Gasteiger partial charge in [0.25, 0.3) is 0 Å². The molecule has 0 unspecified atom stereocenters. The lowest BCUT2D eigenvalue weighted by Gasteiger charge is -2.07. The van der Waals surface area contributed by atoms with E-state index in [1.165, 1.54) is 10.1 Å². The van der Waals surface area contributed by atoms with Crippen LogP contribution in [0.5, 0.6) is 0 Å². The van der Waals surface area contributed by atoms with Crippen LogP contribution in [-0.2, 0) is 0 Å². The van der Waals surface area contributed by atoms with Crippen molar-refractivity contribution < 1.29 is 0 Å².